The number of rotatable bonds is 4. The number of fused-ring (bicyclic) bond motifs is 3. The molecule has 0 saturated heterocycles. The minimum atomic E-state index is -1.07. The number of hydrogen-bond acceptors (Lipinski definition) is 4. The second kappa shape index (κ2) is 5.71. The summed E-state index contributed by atoms with van der Waals surface area (Å²) in [5.41, 5.74) is 1.96. The quantitative estimate of drug-likeness (QED) is 0.454. The number of carbonyl (C=O) groups is 2. The maximum atomic E-state index is 12.5. The Balaban J connectivity index is 1.89. The van der Waals surface area contributed by atoms with Crippen molar-refractivity contribution in [2.75, 3.05) is 13.2 Å². The van der Waals surface area contributed by atoms with Gasteiger partial charge in [-0.1, -0.05) is 11.1 Å². The standard InChI is InChI=1S/C18H26O4/c1-4-21-16(19)18(17(20)22-5-2)9-13-8-12-7-6-11(3)15(12)14(13)10-18/h12-14H,4-10H2,1-3H3/t12-,13+,14-/m0/s1. The van der Waals surface area contributed by atoms with E-state index in [1.165, 1.54) is 18.4 Å². The van der Waals surface area contributed by atoms with E-state index in [0.717, 1.165) is 6.42 Å². The molecule has 3 atom stereocenters. The van der Waals surface area contributed by atoms with Gasteiger partial charge in [-0.15, -0.1) is 0 Å². The van der Waals surface area contributed by atoms with Crippen LogP contribution >= 0.6 is 0 Å². The predicted molar refractivity (Wildman–Crippen MR) is 82.0 cm³/mol. The predicted octanol–water partition coefficient (Wildman–Crippen LogP) is 3.26. The normalized spacial score (nSPS) is 31.9. The van der Waals surface area contributed by atoms with Crippen LogP contribution < -0.4 is 0 Å². The summed E-state index contributed by atoms with van der Waals surface area (Å²) in [7, 11) is 0. The number of esters is 2. The third-order valence-corrected chi connectivity index (χ3v) is 5.87. The molecule has 0 N–H and O–H groups in total. The Labute approximate surface area is 132 Å². The average Bonchev–Trinajstić information content (AvgIpc) is 3.10. The molecule has 0 heterocycles. The molecule has 3 aliphatic carbocycles. The van der Waals surface area contributed by atoms with E-state index in [9.17, 15) is 9.59 Å². The van der Waals surface area contributed by atoms with Crippen LogP contribution in [0, 0.1) is 23.2 Å². The van der Waals surface area contributed by atoms with Gasteiger partial charge in [-0.25, -0.2) is 0 Å². The molecule has 0 amide bonds. The fourth-order valence-electron chi connectivity index (χ4n) is 5.05. The molecule has 0 spiro atoms. The maximum absolute atomic E-state index is 12.5. The van der Waals surface area contributed by atoms with Gasteiger partial charge in [-0.3, -0.25) is 9.59 Å². The Kier molecular flexibility index (Phi) is 4.04. The van der Waals surface area contributed by atoms with Crippen molar-refractivity contribution in [2.45, 2.75) is 52.9 Å². The highest BCUT2D eigenvalue weighted by molar-refractivity contribution is 6.00. The first-order valence-electron chi connectivity index (χ1n) is 8.57. The molecule has 4 heteroatoms. The van der Waals surface area contributed by atoms with Crippen molar-refractivity contribution in [1.82, 2.24) is 0 Å². The van der Waals surface area contributed by atoms with Crippen LogP contribution in [0.25, 0.3) is 0 Å². The zero-order valence-electron chi connectivity index (χ0n) is 13.8. The Morgan fingerprint density at radius 1 is 1.14 bits per heavy atom. The topological polar surface area (TPSA) is 52.6 Å². The van der Waals surface area contributed by atoms with E-state index in [1.807, 2.05) is 0 Å². The minimum absolute atomic E-state index is 0.305. The number of ether oxygens (including phenoxy) is 2. The fraction of sp³-hybridized carbons (Fsp3) is 0.778. The summed E-state index contributed by atoms with van der Waals surface area (Å²) in [6.45, 7) is 6.39. The lowest BCUT2D eigenvalue weighted by atomic mass is 9.81. The van der Waals surface area contributed by atoms with Gasteiger partial charge in [0.05, 0.1) is 13.2 Å². The van der Waals surface area contributed by atoms with E-state index in [0.29, 0.717) is 43.8 Å². The Morgan fingerprint density at radius 2 is 1.77 bits per heavy atom. The van der Waals surface area contributed by atoms with Crippen molar-refractivity contribution >= 4 is 11.9 Å². The van der Waals surface area contributed by atoms with E-state index < -0.39 is 5.41 Å². The van der Waals surface area contributed by atoms with Crippen molar-refractivity contribution < 1.29 is 19.1 Å². The van der Waals surface area contributed by atoms with Gasteiger partial charge in [0.1, 0.15) is 0 Å². The van der Waals surface area contributed by atoms with Crippen LogP contribution in [0.4, 0.5) is 0 Å². The number of hydrogen-bond donors (Lipinski definition) is 0. The van der Waals surface area contributed by atoms with Crippen molar-refractivity contribution in [3.63, 3.8) is 0 Å². The zero-order valence-corrected chi connectivity index (χ0v) is 13.8. The highest BCUT2D eigenvalue weighted by atomic mass is 16.6. The van der Waals surface area contributed by atoms with Crippen molar-refractivity contribution in [3.05, 3.63) is 11.1 Å². The third-order valence-electron chi connectivity index (χ3n) is 5.87. The molecule has 3 rings (SSSR count). The monoisotopic (exact) mass is 306 g/mol. The minimum Gasteiger partial charge on any atom is -0.465 e. The Hall–Kier alpha value is -1.32. The molecule has 0 unspecified atom stereocenters. The summed E-state index contributed by atoms with van der Waals surface area (Å²) in [5.74, 6) is 0.745. The van der Waals surface area contributed by atoms with Crippen LogP contribution in [-0.4, -0.2) is 25.2 Å². The third kappa shape index (κ3) is 2.19. The van der Waals surface area contributed by atoms with Crippen molar-refractivity contribution in [2.24, 2.45) is 23.2 Å². The largest absolute Gasteiger partial charge is 0.465 e. The molecule has 4 nitrogen and oxygen atoms in total. The molecular formula is C18H26O4. The van der Waals surface area contributed by atoms with Gasteiger partial charge < -0.3 is 9.47 Å². The van der Waals surface area contributed by atoms with E-state index >= 15 is 0 Å². The van der Waals surface area contributed by atoms with E-state index in [-0.39, 0.29) is 11.9 Å². The molecule has 0 radical (unpaired) electrons. The van der Waals surface area contributed by atoms with E-state index in [2.05, 4.69) is 6.92 Å². The first-order chi connectivity index (χ1) is 10.5. The second-order valence-corrected chi connectivity index (χ2v) is 7.00. The van der Waals surface area contributed by atoms with Crippen LogP contribution in [0.5, 0.6) is 0 Å². The SMILES string of the molecule is CCOC(=O)C1(C(=O)OCC)C[C@H]2C[C@@H]3CCC(C)=C3[C@H]2C1. The molecule has 2 fully saturated rings. The molecular weight excluding hydrogens is 280 g/mol. The van der Waals surface area contributed by atoms with Gasteiger partial charge in [-0.05, 0) is 70.6 Å². The van der Waals surface area contributed by atoms with Crippen molar-refractivity contribution in [1.29, 1.82) is 0 Å². The molecule has 122 valence electrons. The van der Waals surface area contributed by atoms with Crippen molar-refractivity contribution in [3.8, 4) is 0 Å². The molecule has 22 heavy (non-hydrogen) atoms. The smallest absolute Gasteiger partial charge is 0.323 e. The molecule has 0 aliphatic heterocycles. The summed E-state index contributed by atoms with van der Waals surface area (Å²) >= 11 is 0. The first kappa shape index (κ1) is 15.6. The summed E-state index contributed by atoms with van der Waals surface area (Å²) in [4.78, 5) is 25.1. The Bertz CT molecular complexity index is 501. The average molecular weight is 306 g/mol. The van der Waals surface area contributed by atoms with E-state index in [1.54, 1.807) is 19.4 Å². The molecule has 0 aromatic rings. The summed E-state index contributed by atoms with van der Waals surface area (Å²) in [6.07, 6.45) is 4.73. The lowest BCUT2D eigenvalue weighted by molar-refractivity contribution is -0.172. The lowest BCUT2D eigenvalue weighted by Gasteiger charge is -2.26. The first-order valence-corrected chi connectivity index (χ1v) is 8.57. The molecule has 0 aromatic carbocycles. The zero-order chi connectivity index (χ0) is 15.9. The summed E-state index contributed by atoms with van der Waals surface area (Å²) < 4.78 is 10.5. The van der Waals surface area contributed by atoms with Gasteiger partial charge in [0, 0.05) is 0 Å². The summed E-state index contributed by atoms with van der Waals surface area (Å²) in [6, 6.07) is 0. The molecule has 0 bridgehead atoms. The van der Waals surface area contributed by atoms with Crippen LogP contribution in [0.2, 0.25) is 0 Å². The van der Waals surface area contributed by atoms with Crippen LogP contribution in [0.1, 0.15) is 52.9 Å². The maximum Gasteiger partial charge on any atom is 0.323 e. The van der Waals surface area contributed by atoms with Crippen LogP contribution in [0.15, 0.2) is 11.1 Å². The Morgan fingerprint density at radius 3 is 2.36 bits per heavy atom. The highest BCUT2D eigenvalue weighted by Crippen LogP contribution is 2.61. The highest BCUT2D eigenvalue weighted by Gasteiger charge is 2.61. The fourth-order valence-corrected chi connectivity index (χ4v) is 5.05. The second-order valence-electron chi connectivity index (χ2n) is 7.00. The lowest BCUT2D eigenvalue weighted by Crippen LogP contribution is -2.40. The van der Waals surface area contributed by atoms with E-state index in [4.69, 9.17) is 9.47 Å². The number of allylic oxidation sites excluding steroid dienone is 2. The van der Waals surface area contributed by atoms with Gasteiger partial charge in [-0.2, -0.15) is 0 Å². The molecule has 3 aliphatic rings. The van der Waals surface area contributed by atoms with Gasteiger partial charge in [0.2, 0.25) is 0 Å². The summed E-state index contributed by atoms with van der Waals surface area (Å²) in [5, 5.41) is 0. The van der Waals surface area contributed by atoms with Crippen LogP contribution in [0.3, 0.4) is 0 Å². The van der Waals surface area contributed by atoms with Gasteiger partial charge in [0.25, 0.3) is 0 Å². The number of carbonyl (C=O) groups excluding carboxylic acids is 2. The molecule has 0 aromatic heterocycles. The van der Waals surface area contributed by atoms with Gasteiger partial charge in [0.15, 0.2) is 5.41 Å². The van der Waals surface area contributed by atoms with Gasteiger partial charge >= 0.3 is 11.9 Å². The van der Waals surface area contributed by atoms with Crippen LogP contribution in [-0.2, 0) is 19.1 Å². The molecule has 2 saturated carbocycles.